The summed E-state index contributed by atoms with van der Waals surface area (Å²) in [6.07, 6.45) is 4.72. The minimum atomic E-state index is -0.0409. The van der Waals surface area contributed by atoms with Gasteiger partial charge in [0.05, 0.1) is 25.5 Å². The van der Waals surface area contributed by atoms with Crippen LogP contribution in [0.5, 0.6) is 0 Å². The maximum atomic E-state index is 12.8. The first-order valence-electron chi connectivity index (χ1n) is 9.97. The van der Waals surface area contributed by atoms with E-state index in [9.17, 15) is 4.79 Å². The largest absolute Gasteiger partial charge is 0.378 e. The monoisotopic (exact) mass is 380 g/mol. The van der Waals surface area contributed by atoms with E-state index >= 15 is 0 Å². The summed E-state index contributed by atoms with van der Waals surface area (Å²) in [4.78, 5) is 30.8. The molecule has 1 amide bonds. The van der Waals surface area contributed by atoms with Crippen LogP contribution in [-0.4, -0.2) is 64.6 Å². The van der Waals surface area contributed by atoms with Gasteiger partial charge in [0.15, 0.2) is 0 Å². The van der Waals surface area contributed by atoms with Crippen molar-refractivity contribution in [2.24, 2.45) is 0 Å². The highest BCUT2D eigenvalue weighted by Crippen LogP contribution is 2.31. The second-order valence-electron chi connectivity index (χ2n) is 7.51. The molecule has 0 spiro atoms. The van der Waals surface area contributed by atoms with Crippen molar-refractivity contribution in [1.29, 1.82) is 0 Å². The van der Waals surface area contributed by atoms with E-state index in [1.165, 1.54) is 12.8 Å². The number of pyridine rings is 1. The van der Waals surface area contributed by atoms with E-state index in [4.69, 9.17) is 14.7 Å². The van der Waals surface area contributed by atoms with Crippen LogP contribution in [0.4, 0.5) is 11.8 Å². The minimum absolute atomic E-state index is 0.0409. The van der Waals surface area contributed by atoms with Crippen LogP contribution in [-0.2, 0) is 17.7 Å². The number of amides is 1. The van der Waals surface area contributed by atoms with Crippen molar-refractivity contribution in [3.8, 4) is 0 Å². The maximum Gasteiger partial charge on any atom is 0.272 e. The average Bonchev–Trinajstić information content (AvgIpc) is 3.58. The summed E-state index contributed by atoms with van der Waals surface area (Å²) >= 11 is 0. The first-order chi connectivity index (χ1) is 13.8. The van der Waals surface area contributed by atoms with Crippen LogP contribution in [0.15, 0.2) is 24.4 Å². The molecule has 8 nitrogen and oxygen atoms in total. The molecular weight excluding hydrogens is 356 g/mol. The van der Waals surface area contributed by atoms with Crippen LogP contribution in [0.2, 0.25) is 0 Å². The second kappa shape index (κ2) is 7.35. The van der Waals surface area contributed by atoms with E-state index in [1.54, 1.807) is 12.3 Å². The van der Waals surface area contributed by atoms with Crippen molar-refractivity contribution in [2.75, 3.05) is 43.1 Å². The molecule has 2 fully saturated rings. The standard InChI is InChI=1S/C20H24N6O2/c27-19(17-3-1-2-7-21-17)26-8-6-16-15(13-26)18(22-14-4-5-14)24-20(23-16)25-9-11-28-12-10-25/h1-3,7,14H,4-6,8-13H2,(H,22,23,24). The van der Waals surface area contributed by atoms with Gasteiger partial charge in [-0.1, -0.05) is 6.07 Å². The van der Waals surface area contributed by atoms with Gasteiger partial charge in [-0.3, -0.25) is 9.78 Å². The van der Waals surface area contributed by atoms with Gasteiger partial charge in [-0.15, -0.1) is 0 Å². The summed E-state index contributed by atoms with van der Waals surface area (Å²) in [5.41, 5.74) is 2.57. The van der Waals surface area contributed by atoms with Crippen molar-refractivity contribution in [1.82, 2.24) is 19.9 Å². The molecule has 1 saturated heterocycles. The van der Waals surface area contributed by atoms with Gasteiger partial charge in [-0.05, 0) is 25.0 Å². The minimum Gasteiger partial charge on any atom is -0.378 e. The Morgan fingerprint density at radius 3 is 2.75 bits per heavy atom. The molecule has 0 atom stereocenters. The highest BCUT2D eigenvalue weighted by atomic mass is 16.5. The fourth-order valence-corrected chi connectivity index (χ4v) is 3.67. The Bertz CT molecular complexity index is 864. The first-order valence-corrected chi connectivity index (χ1v) is 9.97. The quantitative estimate of drug-likeness (QED) is 0.860. The Balaban J connectivity index is 1.43. The van der Waals surface area contributed by atoms with E-state index in [1.807, 2.05) is 17.0 Å². The molecule has 146 valence electrons. The average molecular weight is 380 g/mol. The van der Waals surface area contributed by atoms with Crippen LogP contribution in [0, 0.1) is 0 Å². The number of morpholine rings is 1. The molecule has 4 heterocycles. The number of nitrogens with one attached hydrogen (secondary N) is 1. The van der Waals surface area contributed by atoms with Crippen LogP contribution in [0.3, 0.4) is 0 Å². The molecular formula is C20H24N6O2. The van der Waals surface area contributed by atoms with E-state index in [0.717, 1.165) is 42.5 Å². The molecule has 1 saturated carbocycles. The SMILES string of the molecule is O=C(c1ccccn1)N1CCc2nc(N3CCOCC3)nc(NC3CC3)c2C1. The summed E-state index contributed by atoms with van der Waals surface area (Å²) in [5.74, 6) is 1.61. The van der Waals surface area contributed by atoms with Crippen molar-refractivity contribution in [3.05, 3.63) is 41.3 Å². The molecule has 0 unspecified atom stereocenters. The van der Waals surface area contributed by atoms with Gasteiger partial charge in [0, 0.05) is 43.9 Å². The molecule has 2 aliphatic heterocycles. The van der Waals surface area contributed by atoms with Crippen molar-refractivity contribution < 1.29 is 9.53 Å². The van der Waals surface area contributed by atoms with Crippen molar-refractivity contribution in [2.45, 2.75) is 31.8 Å². The van der Waals surface area contributed by atoms with Crippen LogP contribution in [0.25, 0.3) is 0 Å². The normalized spacial score (nSPS) is 19.3. The Morgan fingerprint density at radius 1 is 1.14 bits per heavy atom. The molecule has 3 aliphatic rings. The zero-order valence-electron chi connectivity index (χ0n) is 15.8. The Labute approximate surface area is 163 Å². The predicted octanol–water partition coefficient (Wildman–Crippen LogP) is 1.48. The number of hydrogen-bond acceptors (Lipinski definition) is 7. The Kier molecular flexibility index (Phi) is 4.56. The zero-order chi connectivity index (χ0) is 18.9. The number of nitrogens with zero attached hydrogens (tertiary/aromatic N) is 5. The van der Waals surface area contributed by atoms with Gasteiger partial charge >= 0.3 is 0 Å². The van der Waals surface area contributed by atoms with Crippen LogP contribution in [0.1, 0.15) is 34.6 Å². The van der Waals surface area contributed by atoms with E-state index in [2.05, 4.69) is 15.2 Å². The van der Waals surface area contributed by atoms with Crippen LogP contribution >= 0.6 is 0 Å². The Morgan fingerprint density at radius 2 is 2.00 bits per heavy atom. The lowest BCUT2D eigenvalue weighted by Crippen LogP contribution is -2.40. The number of aromatic nitrogens is 3. The second-order valence-corrected chi connectivity index (χ2v) is 7.51. The van der Waals surface area contributed by atoms with E-state index < -0.39 is 0 Å². The van der Waals surface area contributed by atoms with Gasteiger partial charge in [0.1, 0.15) is 11.5 Å². The summed E-state index contributed by atoms with van der Waals surface area (Å²) < 4.78 is 5.46. The van der Waals surface area contributed by atoms with Gasteiger partial charge in [-0.2, -0.15) is 4.98 Å². The third kappa shape index (κ3) is 3.52. The number of rotatable bonds is 4. The number of carbonyl (C=O) groups excluding carboxylic acids is 1. The fourth-order valence-electron chi connectivity index (χ4n) is 3.67. The topological polar surface area (TPSA) is 83.5 Å². The number of fused-ring (bicyclic) bond motifs is 1. The third-order valence-electron chi connectivity index (χ3n) is 5.43. The summed E-state index contributed by atoms with van der Waals surface area (Å²) in [5, 5.41) is 3.56. The molecule has 8 heteroatoms. The summed E-state index contributed by atoms with van der Waals surface area (Å²) in [6, 6.07) is 5.91. The van der Waals surface area contributed by atoms with Crippen molar-refractivity contribution in [3.63, 3.8) is 0 Å². The first kappa shape index (κ1) is 17.4. The highest BCUT2D eigenvalue weighted by Gasteiger charge is 2.30. The molecule has 2 aromatic heterocycles. The smallest absolute Gasteiger partial charge is 0.272 e. The van der Waals surface area contributed by atoms with Gasteiger partial charge in [0.2, 0.25) is 5.95 Å². The van der Waals surface area contributed by atoms with Gasteiger partial charge in [-0.25, -0.2) is 4.98 Å². The van der Waals surface area contributed by atoms with Gasteiger partial charge in [0.25, 0.3) is 5.91 Å². The number of hydrogen-bond donors (Lipinski definition) is 1. The number of anilines is 2. The number of carbonyl (C=O) groups is 1. The van der Waals surface area contributed by atoms with E-state index in [-0.39, 0.29) is 5.91 Å². The maximum absolute atomic E-state index is 12.8. The lowest BCUT2D eigenvalue weighted by atomic mass is 10.1. The summed E-state index contributed by atoms with van der Waals surface area (Å²) in [7, 11) is 0. The molecule has 0 aromatic carbocycles. The third-order valence-corrected chi connectivity index (χ3v) is 5.43. The van der Waals surface area contributed by atoms with Crippen molar-refractivity contribution >= 4 is 17.7 Å². The molecule has 5 rings (SSSR count). The molecule has 1 aliphatic carbocycles. The van der Waals surface area contributed by atoms with Crippen LogP contribution < -0.4 is 10.2 Å². The molecule has 2 aromatic rings. The highest BCUT2D eigenvalue weighted by molar-refractivity contribution is 5.92. The molecule has 28 heavy (non-hydrogen) atoms. The predicted molar refractivity (Wildman–Crippen MR) is 104 cm³/mol. The summed E-state index contributed by atoms with van der Waals surface area (Å²) in [6.45, 7) is 4.20. The zero-order valence-corrected chi connectivity index (χ0v) is 15.8. The molecule has 0 radical (unpaired) electrons. The van der Waals surface area contributed by atoms with E-state index in [0.29, 0.717) is 38.0 Å². The molecule has 0 bridgehead atoms. The fraction of sp³-hybridized carbons (Fsp3) is 0.500. The lowest BCUT2D eigenvalue weighted by Gasteiger charge is -2.32. The molecule has 1 N–H and O–H groups in total. The Hall–Kier alpha value is -2.74. The lowest BCUT2D eigenvalue weighted by molar-refractivity contribution is 0.0727. The number of ether oxygens (including phenoxy) is 1. The van der Waals surface area contributed by atoms with Gasteiger partial charge < -0.3 is 19.9 Å².